The summed E-state index contributed by atoms with van der Waals surface area (Å²) >= 11 is 0. The third-order valence-electron chi connectivity index (χ3n) is 4.98. The fraction of sp³-hybridized carbons (Fsp3) is 0.263. The lowest BCUT2D eigenvalue weighted by molar-refractivity contribution is -0.484. The number of carbonyl (C=O) groups is 1. The molecule has 0 bridgehead atoms. The number of para-hydroxylation sites is 1. The Hall–Kier alpha value is -3.42. The van der Waals surface area contributed by atoms with Crippen molar-refractivity contribution < 1.29 is 19.2 Å². The molecule has 2 atom stereocenters. The maximum Gasteiger partial charge on any atom is 0.298 e. The standard InChI is InChI=1S/C19H17N3O5/c1-12-19(18(23)22(20-12)13-6-4-3-5-7-13)16(11-21(24)25)15-10-14(26-2)8-9-17(15)27-19/h3-10,16H,11H2,1-2H3/t16-,19+/m0/s1. The van der Waals surface area contributed by atoms with Gasteiger partial charge in [0.25, 0.3) is 5.91 Å². The number of rotatable bonds is 4. The van der Waals surface area contributed by atoms with Crippen molar-refractivity contribution in [3.8, 4) is 11.5 Å². The highest BCUT2D eigenvalue weighted by atomic mass is 16.6. The molecule has 0 aromatic heterocycles. The molecule has 8 nitrogen and oxygen atoms in total. The number of amides is 1. The Bertz CT molecular complexity index is 959. The maximum atomic E-state index is 13.4. The number of ether oxygens (including phenoxy) is 2. The van der Waals surface area contributed by atoms with Crippen LogP contribution in [0.1, 0.15) is 18.4 Å². The molecule has 0 saturated heterocycles. The number of fused-ring (bicyclic) bond motifs is 1. The van der Waals surface area contributed by atoms with E-state index in [-0.39, 0.29) is 0 Å². The second kappa shape index (κ2) is 6.08. The molecule has 0 radical (unpaired) electrons. The Morgan fingerprint density at radius 1 is 1.30 bits per heavy atom. The molecule has 1 spiro atoms. The molecule has 2 aliphatic heterocycles. The number of hydrogen-bond acceptors (Lipinski definition) is 6. The van der Waals surface area contributed by atoms with Crippen LogP contribution in [0.5, 0.6) is 11.5 Å². The van der Waals surface area contributed by atoms with Gasteiger partial charge < -0.3 is 9.47 Å². The smallest absolute Gasteiger partial charge is 0.298 e. The molecule has 0 N–H and O–H groups in total. The largest absolute Gasteiger partial charge is 0.497 e. The van der Waals surface area contributed by atoms with Crippen molar-refractivity contribution in [3.63, 3.8) is 0 Å². The molecule has 2 aliphatic rings. The topological polar surface area (TPSA) is 94.3 Å². The van der Waals surface area contributed by atoms with E-state index in [0.29, 0.717) is 28.5 Å². The van der Waals surface area contributed by atoms with Gasteiger partial charge in [-0.3, -0.25) is 14.9 Å². The number of nitrogens with zero attached hydrogens (tertiary/aromatic N) is 3. The number of methoxy groups -OCH3 is 1. The number of carbonyl (C=O) groups excluding carboxylic acids is 1. The number of anilines is 1. The molecule has 27 heavy (non-hydrogen) atoms. The van der Waals surface area contributed by atoms with Crippen LogP contribution in [-0.4, -0.2) is 35.8 Å². The van der Waals surface area contributed by atoms with Gasteiger partial charge in [0, 0.05) is 10.5 Å². The summed E-state index contributed by atoms with van der Waals surface area (Å²) in [6, 6.07) is 14.0. The SMILES string of the molecule is COc1ccc2c(c1)[C@H](C[N+](=O)[O-])[C@@]1(O2)C(=O)N(c2ccccc2)N=C1C. The Balaban J connectivity index is 1.82. The summed E-state index contributed by atoms with van der Waals surface area (Å²) in [4.78, 5) is 24.3. The zero-order chi connectivity index (χ0) is 19.2. The number of benzene rings is 2. The highest BCUT2D eigenvalue weighted by molar-refractivity contribution is 6.23. The molecular formula is C19H17N3O5. The molecule has 138 valence electrons. The van der Waals surface area contributed by atoms with Gasteiger partial charge in [-0.05, 0) is 37.3 Å². The minimum atomic E-state index is -1.53. The lowest BCUT2D eigenvalue weighted by Gasteiger charge is -2.27. The molecule has 8 heteroatoms. The minimum Gasteiger partial charge on any atom is -0.497 e. The van der Waals surface area contributed by atoms with E-state index in [1.54, 1.807) is 49.4 Å². The zero-order valence-corrected chi connectivity index (χ0v) is 14.8. The number of hydrazone groups is 1. The van der Waals surface area contributed by atoms with Gasteiger partial charge in [-0.2, -0.15) is 10.1 Å². The van der Waals surface area contributed by atoms with E-state index in [9.17, 15) is 14.9 Å². The van der Waals surface area contributed by atoms with Crippen LogP contribution in [0.25, 0.3) is 0 Å². The normalized spacial score (nSPS) is 23.2. The second-order valence-electron chi connectivity index (χ2n) is 6.45. The molecular weight excluding hydrogens is 350 g/mol. The average Bonchev–Trinajstić information content (AvgIpc) is 3.12. The summed E-state index contributed by atoms with van der Waals surface area (Å²) in [5.41, 5.74) is 0.00962. The van der Waals surface area contributed by atoms with Gasteiger partial charge in [0.15, 0.2) is 0 Å². The summed E-state index contributed by atoms with van der Waals surface area (Å²) in [5, 5.41) is 17.0. The fourth-order valence-corrected chi connectivity index (χ4v) is 3.70. The molecule has 2 heterocycles. The molecule has 0 unspecified atom stereocenters. The van der Waals surface area contributed by atoms with E-state index in [1.165, 1.54) is 12.1 Å². The molecule has 2 aromatic carbocycles. The number of nitro groups is 1. The third kappa shape index (κ3) is 2.44. The molecule has 4 rings (SSSR count). The number of hydrogen-bond donors (Lipinski definition) is 0. The summed E-state index contributed by atoms with van der Waals surface area (Å²) in [5.74, 6) is -0.265. The van der Waals surface area contributed by atoms with E-state index in [1.807, 2.05) is 6.07 Å². The van der Waals surface area contributed by atoms with Gasteiger partial charge >= 0.3 is 0 Å². The molecule has 2 aromatic rings. The van der Waals surface area contributed by atoms with Crippen molar-refractivity contribution >= 4 is 17.3 Å². The first-order chi connectivity index (χ1) is 13.0. The van der Waals surface area contributed by atoms with Crippen LogP contribution in [0.4, 0.5) is 5.69 Å². The zero-order valence-electron chi connectivity index (χ0n) is 14.8. The summed E-state index contributed by atoms with van der Waals surface area (Å²) < 4.78 is 11.3. The summed E-state index contributed by atoms with van der Waals surface area (Å²) in [6.07, 6.45) is 0. The Labute approximate surface area is 155 Å². The quantitative estimate of drug-likeness (QED) is 0.612. The summed E-state index contributed by atoms with van der Waals surface area (Å²) in [7, 11) is 1.51. The van der Waals surface area contributed by atoms with E-state index in [4.69, 9.17) is 9.47 Å². The van der Waals surface area contributed by atoms with Crippen molar-refractivity contribution in [1.82, 2.24) is 0 Å². The first-order valence-corrected chi connectivity index (χ1v) is 8.41. The first kappa shape index (κ1) is 17.0. The van der Waals surface area contributed by atoms with Crippen LogP contribution in [-0.2, 0) is 4.79 Å². The van der Waals surface area contributed by atoms with E-state index >= 15 is 0 Å². The third-order valence-corrected chi connectivity index (χ3v) is 4.98. The van der Waals surface area contributed by atoms with Crippen molar-refractivity contribution in [1.29, 1.82) is 0 Å². The van der Waals surface area contributed by atoms with Gasteiger partial charge in [-0.1, -0.05) is 18.2 Å². The lowest BCUT2D eigenvalue weighted by Crippen LogP contribution is -2.54. The lowest BCUT2D eigenvalue weighted by atomic mass is 9.80. The maximum absolute atomic E-state index is 13.4. The second-order valence-corrected chi connectivity index (χ2v) is 6.45. The van der Waals surface area contributed by atoms with Crippen LogP contribution < -0.4 is 14.5 Å². The Morgan fingerprint density at radius 2 is 2.04 bits per heavy atom. The van der Waals surface area contributed by atoms with Gasteiger partial charge in [0.2, 0.25) is 12.1 Å². The average molecular weight is 367 g/mol. The first-order valence-electron chi connectivity index (χ1n) is 8.41. The van der Waals surface area contributed by atoms with E-state index < -0.39 is 28.9 Å². The van der Waals surface area contributed by atoms with Gasteiger partial charge in [-0.25, -0.2) is 0 Å². The Kier molecular flexibility index (Phi) is 3.83. The van der Waals surface area contributed by atoms with Crippen molar-refractivity contribution in [3.05, 3.63) is 64.2 Å². The van der Waals surface area contributed by atoms with Crippen molar-refractivity contribution in [2.24, 2.45) is 5.10 Å². The molecule has 1 amide bonds. The molecule has 0 aliphatic carbocycles. The van der Waals surface area contributed by atoms with Crippen LogP contribution in [0.2, 0.25) is 0 Å². The van der Waals surface area contributed by atoms with E-state index in [0.717, 1.165) is 0 Å². The summed E-state index contributed by atoms with van der Waals surface area (Å²) in [6.45, 7) is 1.21. The minimum absolute atomic E-state index is 0.387. The van der Waals surface area contributed by atoms with E-state index in [2.05, 4.69) is 5.10 Å². The van der Waals surface area contributed by atoms with Gasteiger partial charge in [-0.15, -0.1) is 0 Å². The van der Waals surface area contributed by atoms with Crippen molar-refractivity contribution in [2.75, 3.05) is 18.7 Å². The Morgan fingerprint density at radius 3 is 2.70 bits per heavy atom. The van der Waals surface area contributed by atoms with Crippen LogP contribution >= 0.6 is 0 Å². The van der Waals surface area contributed by atoms with Crippen LogP contribution in [0.15, 0.2) is 53.6 Å². The predicted molar refractivity (Wildman–Crippen MR) is 98.0 cm³/mol. The van der Waals surface area contributed by atoms with Gasteiger partial charge in [0.05, 0.1) is 18.5 Å². The highest BCUT2D eigenvalue weighted by Crippen LogP contribution is 2.50. The van der Waals surface area contributed by atoms with Crippen molar-refractivity contribution in [2.45, 2.75) is 18.4 Å². The molecule has 0 fully saturated rings. The fourth-order valence-electron chi connectivity index (χ4n) is 3.70. The monoisotopic (exact) mass is 367 g/mol. The molecule has 0 saturated carbocycles. The van der Waals surface area contributed by atoms with Crippen LogP contribution in [0.3, 0.4) is 0 Å². The van der Waals surface area contributed by atoms with Gasteiger partial charge in [0.1, 0.15) is 17.4 Å². The highest BCUT2D eigenvalue weighted by Gasteiger charge is 2.63. The predicted octanol–water partition coefficient (Wildman–Crippen LogP) is 2.61. The van der Waals surface area contributed by atoms with Crippen LogP contribution in [0, 0.1) is 10.1 Å².